The molecular formula is C18H22O3. The highest BCUT2D eigenvalue weighted by molar-refractivity contribution is 5.35. The fraction of sp³-hybridized carbons (Fsp3) is 0.333. The Kier molecular flexibility index (Phi) is 4.99. The van der Waals surface area contributed by atoms with E-state index in [1.54, 1.807) is 6.92 Å². The molecule has 0 aliphatic rings. The van der Waals surface area contributed by atoms with Gasteiger partial charge in [0.1, 0.15) is 18.0 Å². The lowest BCUT2D eigenvalue weighted by molar-refractivity contribution is 0.00641. The third-order valence-corrected chi connectivity index (χ3v) is 3.57. The molecule has 2 unspecified atom stereocenters. The molecule has 2 aromatic rings. The van der Waals surface area contributed by atoms with Crippen LogP contribution in [0.15, 0.2) is 54.6 Å². The van der Waals surface area contributed by atoms with Gasteiger partial charge in [0.25, 0.3) is 0 Å². The van der Waals surface area contributed by atoms with E-state index in [0.29, 0.717) is 12.2 Å². The van der Waals surface area contributed by atoms with Gasteiger partial charge in [-0.25, -0.2) is 0 Å². The van der Waals surface area contributed by atoms with E-state index in [9.17, 15) is 10.2 Å². The highest BCUT2D eigenvalue weighted by atomic mass is 16.5. The maximum Gasteiger partial charge on any atom is 0.125 e. The average molecular weight is 286 g/mol. The maximum atomic E-state index is 10.5. The fourth-order valence-electron chi connectivity index (χ4n) is 2.21. The third-order valence-electron chi connectivity index (χ3n) is 3.57. The van der Waals surface area contributed by atoms with E-state index in [2.05, 4.69) is 0 Å². The fourth-order valence-corrected chi connectivity index (χ4v) is 2.21. The molecule has 112 valence electrons. The largest absolute Gasteiger partial charge is 0.490 e. The summed E-state index contributed by atoms with van der Waals surface area (Å²) >= 11 is 0. The second-order valence-corrected chi connectivity index (χ2v) is 5.39. The van der Waals surface area contributed by atoms with Gasteiger partial charge in [0.2, 0.25) is 0 Å². The molecule has 0 saturated carbocycles. The van der Waals surface area contributed by atoms with Crippen LogP contribution in [0.25, 0.3) is 0 Å². The Labute approximate surface area is 125 Å². The topological polar surface area (TPSA) is 49.7 Å². The van der Waals surface area contributed by atoms with Gasteiger partial charge in [-0.15, -0.1) is 0 Å². The van der Waals surface area contributed by atoms with Gasteiger partial charge in [-0.2, -0.15) is 0 Å². The lowest BCUT2D eigenvalue weighted by atomic mass is 9.97. The van der Waals surface area contributed by atoms with Gasteiger partial charge in [0.05, 0.1) is 6.10 Å². The standard InChI is InChI=1S/C18H22O3/c1-3-16(19)15-11-7-8-12-17(15)21-13-18(2,20)14-9-5-4-6-10-14/h4-12,16,19-20H,3,13H2,1-2H3. The highest BCUT2D eigenvalue weighted by Crippen LogP contribution is 2.29. The molecule has 0 bridgehead atoms. The van der Waals surface area contributed by atoms with Crippen molar-refractivity contribution < 1.29 is 14.9 Å². The average Bonchev–Trinajstić information content (AvgIpc) is 2.53. The highest BCUT2D eigenvalue weighted by Gasteiger charge is 2.24. The van der Waals surface area contributed by atoms with Crippen molar-refractivity contribution >= 4 is 0 Å². The maximum absolute atomic E-state index is 10.5. The van der Waals surface area contributed by atoms with Crippen LogP contribution in [-0.4, -0.2) is 16.8 Å². The molecule has 0 aromatic heterocycles. The van der Waals surface area contributed by atoms with Crippen molar-refractivity contribution in [2.24, 2.45) is 0 Å². The van der Waals surface area contributed by atoms with Crippen LogP contribution in [0.5, 0.6) is 5.75 Å². The van der Waals surface area contributed by atoms with Crippen LogP contribution < -0.4 is 4.74 Å². The summed E-state index contributed by atoms with van der Waals surface area (Å²) < 4.78 is 5.77. The minimum absolute atomic E-state index is 0.129. The zero-order chi connectivity index (χ0) is 15.3. The van der Waals surface area contributed by atoms with Crippen LogP contribution in [0.3, 0.4) is 0 Å². The Bertz CT molecular complexity index is 564. The van der Waals surface area contributed by atoms with Gasteiger partial charge in [-0.3, -0.25) is 0 Å². The molecule has 0 saturated heterocycles. The molecule has 0 aliphatic carbocycles. The van der Waals surface area contributed by atoms with Crippen molar-refractivity contribution in [2.45, 2.75) is 32.0 Å². The Morgan fingerprint density at radius 1 is 1.05 bits per heavy atom. The van der Waals surface area contributed by atoms with Gasteiger partial charge >= 0.3 is 0 Å². The van der Waals surface area contributed by atoms with Crippen LogP contribution in [0.4, 0.5) is 0 Å². The predicted octanol–water partition coefficient (Wildman–Crippen LogP) is 3.42. The van der Waals surface area contributed by atoms with Crippen LogP contribution >= 0.6 is 0 Å². The van der Waals surface area contributed by atoms with Crippen molar-refractivity contribution in [3.05, 3.63) is 65.7 Å². The van der Waals surface area contributed by atoms with E-state index in [4.69, 9.17) is 4.74 Å². The van der Waals surface area contributed by atoms with Crippen molar-refractivity contribution in [2.75, 3.05) is 6.61 Å². The first-order valence-electron chi connectivity index (χ1n) is 7.22. The SMILES string of the molecule is CCC(O)c1ccccc1OCC(C)(O)c1ccccc1. The number of hydrogen-bond acceptors (Lipinski definition) is 3. The van der Waals surface area contributed by atoms with E-state index < -0.39 is 11.7 Å². The Morgan fingerprint density at radius 2 is 1.67 bits per heavy atom. The third kappa shape index (κ3) is 3.84. The summed E-state index contributed by atoms with van der Waals surface area (Å²) in [5.74, 6) is 0.614. The summed E-state index contributed by atoms with van der Waals surface area (Å²) in [5, 5.41) is 20.6. The zero-order valence-corrected chi connectivity index (χ0v) is 12.5. The van der Waals surface area contributed by atoms with Crippen molar-refractivity contribution in [1.82, 2.24) is 0 Å². The molecule has 0 fully saturated rings. The second kappa shape index (κ2) is 6.74. The summed E-state index contributed by atoms with van der Waals surface area (Å²) in [6, 6.07) is 16.8. The van der Waals surface area contributed by atoms with Crippen LogP contribution in [0.2, 0.25) is 0 Å². The molecule has 2 aromatic carbocycles. The van der Waals surface area contributed by atoms with Crippen molar-refractivity contribution in [3.63, 3.8) is 0 Å². The first kappa shape index (κ1) is 15.5. The van der Waals surface area contributed by atoms with Crippen molar-refractivity contribution in [3.8, 4) is 5.75 Å². The van der Waals surface area contributed by atoms with E-state index in [1.165, 1.54) is 0 Å². The smallest absolute Gasteiger partial charge is 0.125 e. The Hall–Kier alpha value is -1.84. The van der Waals surface area contributed by atoms with E-state index in [-0.39, 0.29) is 6.61 Å². The number of aliphatic hydroxyl groups excluding tert-OH is 1. The Balaban J connectivity index is 2.13. The minimum atomic E-state index is -1.08. The van der Waals surface area contributed by atoms with Gasteiger partial charge < -0.3 is 14.9 Å². The summed E-state index contributed by atoms with van der Waals surface area (Å²) in [5.41, 5.74) is 0.480. The zero-order valence-electron chi connectivity index (χ0n) is 12.5. The number of ether oxygens (including phenoxy) is 1. The molecule has 3 nitrogen and oxygen atoms in total. The number of para-hydroxylation sites is 1. The van der Waals surface area contributed by atoms with Crippen LogP contribution in [0.1, 0.15) is 37.5 Å². The lowest BCUT2D eigenvalue weighted by Gasteiger charge is -2.25. The number of benzene rings is 2. The number of hydrogen-bond donors (Lipinski definition) is 2. The summed E-state index contributed by atoms with van der Waals surface area (Å²) in [4.78, 5) is 0. The normalized spacial score (nSPS) is 15.2. The molecule has 0 radical (unpaired) electrons. The minimum Gasteiger partial charge on any atom is -0.490 e. The quantitative estimate of drug-likeness (QED) is 0.855. The predicted molar refractivity (Wildman–Crippen MR) is 83.2 cm³/mol. The van der Waals surface area contributed by atoms with E-state index >= 15 is 0 Å². The van der Waals surface area contributed by atoms with E-state index in [1.807, 2.05) is 61.5 Å². The molecular weight excluding hydrogens is 264 g/mol. The summed E-state index contributed by atoms with van der Waals surface area (Å²) in [6.07, 6.45) is 0.0676. The van der Waals surface area contributed by atoms with Gasteiger partial charge in [-0.1, -0.05) is 55.5 Å². The van der Waals surface area contributed by atoms with Crippen LogP contribution in [0, 0.1) is 0 Å². The first-order chi connectivity index (χ1) is 10.0. The molecule has 2 rings (SSSR count). The molecule has 0 spiro atoms. The van der Waals surface area contributed by atoms with Gasteiger partial charge in [0.15, 0.2) is 0 Å². The van der Waals surface area contributed by atoms with Gasteiger partial charge in [0, 0.05) is 5.56 Å². The number of aliphatic hydroxyl groups is 2. The van der Waals surface area contributed by atoms with Gasteiger partial charge in [-0.05, 0) is 25.0 Å². The molecule has 2 atom stereocenters. The molecule has 2 N–H and O–H groups in total. The molecule has 21 heavy (non-hydrogen) atoms. The second-order valence-electron chi connectivity index (χ2n) is 5.39. The summed E-state index contributed by atoms with van der Waals surface area (Å²) in [6.45, 7) is 3.77. The Morgan fingerprint density at radius 3 is 2.33 bits per heavy atom. The van der Waals surface area contributed by atoms with Crippen LogP contribution in [-0.2, 0) is 5.60 Å². The van der Waals surface area contributed by atoms with E-state index in [0.717, 1.165) is 11.1 Å². The van der Waals surface area contributed by atoms with Crippen molar-refractivity contribution in [1.29, 1.82) is 0 Å². The molecule has 0 amide bonds. The first-order valence-corrected chi connectivity index (χ1v) is 7.22. The molecule has 0 heterocycles. The molecule has 0 aliphatic heterocycles. The number of rotatable bonds is 6. The monoisotopic (exact) mass is 286 g/mol. The molecule has 3 heteroatoms. The summed E-state index contributed by atoms with van der Waals surface area (Å²) in [7, 11) is 0. The lowest BCUT2D eigenvalue weighted by Crippen LogP contribution is -2.29.